The summed E-state index contributed by atoms with van der Waals surface area (Å²) in [4.78, 5) is 20.9. The molecule has 0 atom stereocenters. The molecule has 0 aliphatic rings. The Labute approximate surface area is 358 Å². The van der Waals surface area contributed by atoms with E-state index in [2.05, 4.69) is 182 Å². The molecule has 0 bridgehead atoms. The molecule has 0 amide bonds. The normalized spacial score (nSPS) is 11.5. The van der Waals surface area contributed by atoms with Crippen LogP contribution >= 0.6 is 0 Å². The fraction of sp³-hybridized carbons (Fsp3) is 0. The summed E-state index contributed by atoms with van der Waals surface area (Å²) in [7, 11) is 0. The first-order chi connectivity index (χ1) is 30.7. The lowest BCUT2D eigenvalue weighted by atomic mass is 9.94. The van der Waals surface area contributed by atoms with Crippen molar-refractivity contribution in [3.63, 3.8) is 0 Å². The summed E-state index contributed by atoms with van der Waals surface area (Å²) in [6, 6.07) is 77.0. The minimum Gasteiger partial charge on any atom is -0.228 e. The Bertz CT molecular complexity index is 3450. The Hall–Kier alpha value is -8.34. The fourth-order valence-corrected chi connectivity index (χ4v) is 9.00. The van der Waals surface area contributed by atoms with E-state index in [-0.39, 0.29) is 0 Å². The van der Waals surface area contributed by atoms with Gasteiger partial charge in [-0.25, -0.2) is 19.9 Å². The lowest BCUT2D eigenvalue weighted by Crippen LogP contribution is -1.98. The SMILES string of the molecule is c1ccc(-c2nc(-c3ccc4c(ccc5ccccc54)c3)cc(-c3cccc4c(-c5cc(-c6ccc7c(ccc8ccccc87)c6)nc(-c6ccccc6)n5)cccc34)n2)cc1. The average molecular weight is 789 g/mol. The van der Waals surface area contributed by atoms with E-state index in [1.807, 2.05) is 36.4 Å². The highest BCUT2D eigenvalue weighted by Crippen LogP contribution is 2.39. The van der Waals surface area contributed by atoms with Gasteiger partial charge in [-0.15, -0.1) is 0 Å². The van der Waals surface area contributed by atoms with Crippen LogP contribution in [0, 0.1) is 0 Å². The topological polar surface area (TPSA) is 51.6 Å². The van der Waals surface area contributed by atoms with Crippen LogP contribution in [0.15, 0.2) is 218 Å². The van der Waals surface area contributed by atoms with Crippen LogP contribution in [0.4, 0.5) is 0 Å². The molecule has 10 aromatic carbocycles. The van der Waals surface area contributed by atoms with Gasteiger partial charge in [0.25, 0.3) is 0 Å². The van der Waals surface area contributed by atoms with E-state index in [1.165, 1.54) is 43.1 Å². The molecule has 2 heterocycles. The number of hydrogen-bond acceptors (Lipinski definition) is 4. The Balaban J connectivity index is 1.02. The van der Waals surface area contributed by atoms with Gasteiger partial charge in [0.15, 0.2) is 11.6 Å². The van der Waals surface area contributed by atoms with E-state index in [1.54, 1.807) is 0 Å². The van der Waals surface area contributed by atoms with Gasteiger partial charge in [-0.1, -0.05) is 194 Å². The van der Waals surface area contributed by atoms with Crippen molar-refractivity contribution in [2.75, 3.05) is 0 Å². The van der Waals surface area contributed by atoms with Gasteiger partial charge in [0, 0.05) is 33.4 Å². The largest absolute Gasteiger partial charge is 0.228 e. The molecule has 0 spiro atoms. The molecule has 4 heteroatoms. The highest BCUT2D eigenvalue weighted by Gasteiger charge is 2.17. The molecule has 0 aliphatic heterocycles. The van der Waals surface area contributed by atoms with Gasteiger partial charge in [0.1, 0.15) is 0 Å². The molecule has 0 fully saturated rings. The molecule has 12 aromatic rings. The standard InChI is InChI=1S/C58H36N4/c1-3-15-39(16-4-1)57-59-53(43-29-31-47-41(33-43)27-25-37-13-7-9-19-45(37)47)35-55(61-57)51-23-11-22-50-49(51)21-12-24-52(50)56-36-54(60-58(62-56)40-17-5-2-6-18-40)44-30-32-48-42(34-44)28-26-38-14-8-10-20-46(38)48/h1-36H. The molecule has 0 aliphatic carbocycles. The Morgan fingerprint density at radius 1 is 0.210 bits per heavy atom. The zero-order valence-electron chi connectivity index (χ0n) is 33.6. The van der Waals surface area contributed by atoms with Gasteiger partial charge < -0.3 is 0 Å². The van der Waals surface area contributed by atoms with Crippen LogP contribution in [0.3, 0.4) is 0 Å². The maximum atomic E-state index is 5.27. The van der Waals surface area contributed by atoms with Crippen LogP contribution in [0.1, 0.15) is 0 Å². The summed E-state index contributed by atoms with van der Waals surface area (Å²) in [5.74, 6) is 1.36. The monoisotopic (exact) mass is 788 g/mol. The van der Waals surface area contributed by atoms with E-state index < -0.39 is 0 Å². The lowest BCUT2D eigenvalue weighted by Gasteiger charge is -2.14. The lowest BCUT2D eigenvalue weighted by molar-refractivity contribution is 1.18. The number of fused-ring (bicyclic) bond motifs is 7. The zero-order chi connectivity index (χ0) is 41.0. The predicted octanol–water partition coefficient (Wildman–Crippen LogP) is 15.0. The second kappa shape index (κ2) is 14.7. The summed E-state index contributed by atoms with van der Waals surface area (Å²) in [5.41, 5.74) is 9.50. The molecule has 62 heavy (non-hydrogen) atoms. The molecule has 4 nitrogen and oxygen atoms in total. The average Bonchev–Trinajstić information content (AvgIpc) is 3.35. The van der Waals surface area contributed by atoms with Crippen LogP contribution in [0.2, 0.25) is 0 Å². The molecule has 0 saturated carbocycles. The van der Waals surface area contributed by atoms with E-state index in [0.29, 0.717) is 11.6 Å². The van der Waals surface area contributed by atoms with Crippen LogP contribution in [0.5, 0.6) is 0 Å². The first-order valence-corrected chi connectivity index (χ1v) is 21.0. The molecular weight excluding hydrogens is 753 g/mol. The van der Waals surface area contributed by atoms with Crippen molar-refractivity contribution >= 4 is 53.9 Å². The minimum absolute atomic E-state index is 0.682. The maximum absolute atomic E-state index is 5.27. The Kier molecular flexibility index (Phi) is 8.46. The zero-order valence-corrected chi connectivity index (χ0v) is 33.6. The second-order valence-electron chi connectivity index (χ2n) is 15.8. The molecule has 12 rings (SSSR count). The van der Waals surface area contributed by atoms with Crippen LogP contribution in [-0.4, -0.2) is 19.9 Å². The van der Waals surface area contributed by atoms with Gasteiger partial charge in [-0.2, -0.15) is 0 Å². The molecule has 288 valence electrons. The first kappa shape index (κ1) is 35.6. The summed E-state index contributed by atoms with van der Waals surface area (Å²) in [5, 5.41) is 11.9. The molecule has 0 unspecified atom stereocenters. The smallest absolute Gasteiger partial charge is 0.160 e. The van der Waals surface area contributed by atoms with Crippen molar-refractivity contribution in [2.45, 2.75) is 0 Å². The minimum atomic E-state index is 0.682. The third-order valence-corrected chi connectivity index (χ3v) is 12.1. The van der Waals surface area contributed by atoms with Crippen molar-refractivity contribution in [2.24, 2.45) is 0 Å². The second-order valence-corrected chi connectivity index (χ2v) is 15.8. The van der Waals surface area contributed by atoms with Gasteiger partial charge in [0.05, 0.1) is 22.8 Å². The Morgan fingerprint density at radius 3 is 1.05 bits per heavy atom. The summed E-state index contributed by atoms with van der Waals surface area (Å²) in [6.45, 7) is 0. The van der Waals surface area contributed by atoms with E-state index >= 15 is 0 Å². The van der Waals surface area contributed by atoms with Crippen molar-refractivity contribution in [1.82, 2.24) is 19.9 Å². The highest BCUT2D eigenvalue weighted by molar-refractivity contribution is 6.10. The fourth-order valence-electron chi connectivity index (χ4n) is 9.00. The molecule has 2 aromatic heterocycles. The maximum Gasteiger partial charge on any atom is 0.160 e. The Morgan fingerprint density at radius 2 is 0.581 bits per heavy atom. The third kappa shape index (κ3) is 6.25. The quantitative estimate of drug-likeness (QED) is 0.158. The number of aromatic nitrogens is 4. The van der Waals surface area contributed by atoms with Crippen molar-refractivity contribution in [3.8, 4) is 67.8 Å². The van der Waals surface area contributed by atoms with E-state index in [9.17, 15) is 0 Å². The number of benzene rings is 10. The number of rotatable bonds is 6. The molecule has 0 N–H and O–H groups in total. The van der Waals surface area contributed by atoms with Gasteiger partial charge >= 0.3 is 0 Å². The first-order valence-electron chi connectivity index (χ1n) is 21.0. The van der Waals surface area contributed by atoms with Crippen LogP contribution < -0.4 is 0 Å². The van der Waals surface area contributed by atoms with E-state index in [0.717, 1.165) is 66.9 Å². The number of hydrogen-bond donors (Lipinski definition) is 0. The van der Waals surface area contributed by atoms with Gasteiger partial charge in [0.2, 0.25) is 0 Å². The van der Waals surface area contributed by atoms with E-state index in [4.69, 9.17) is 19.9 Å². The molecule has 0 saturated heterocycles. The van der Waals surface area contributed by atoms with Gasteiger partial charge in [-0.05, 0) is 78.1 Å². The number of nitrogens with zero attached hydrogens (tertiary/aromatic N) is 4. The predicted molar refractivity (Wildman–Crippen MR) is 258 cm³/mol. The van der Waals surface area contributed by atoms with Crippen molar-refractivity contribution in [1.29, 1.82) is 0 Å². The van der Waals surface area contributed by atoms with Crippen molar-refractivity contribution in [3.05, 3.63) is 218 Å². The third-order valence-electron chi connectivity index (χ3n) is 12.1. The highest BCUT2D eigenvalue weighted by atomic mass is 14.9. The summed E-state index contributed by atoms with van der Waals surface area (Å²) < 4.78 is 0. The molecular formula is C58H36N4. The van der Waals surface area contributed by atoms with Gasteiger partial charge in [-0.3, -0.25) is 0 Å². The van der Waals surface area contributed by atoms with Crippen LogP contribution in [-0.2, 0) is 0 Å². The molecule has 0 radical (unpaired) electrons. The van der Waals surface area contributed by atoms with Crippen LogP contribution in [0.25, 0.3) is 122 Å². The summed E-state index contributed by atoms with van der Waals surface area (Å²) in [6.07, 6.45) is 0. The van der Waals surface area contributed by atoms with Crippen molar-refractivity contribution < 1.29 is 0 Å². The summed E-state index contributed by atoms with van der Waals surface area (Å²) >= 11 is 0.